The minimum absolute atomic E-state index is 0.649. The average Bonchev–Trinajstić information content (AvgIpc) is 2.02. The van der Waals surface area contributed by atoms with Crippen molar-refractivity contribution in [3.05, 3.63) is 0 Å². The maximum Gasteiger partial charge on any atom is 0.346 e. The Labute approximate surface area is 70.3 Å². The third-order valence-corrected chi connectivity index (χ3v) is 1.17. The first-order valence-electron chi connectivity index (χ1n) is 3.45. The minimum atomic E-state index is -1.22. The van der Waals surface area contributed by atoms with Gasteiger partial charge < -0.3 is 14.6 Å². The summed E-state index contributed by atoms with van der Waals surface area (Å²) in [5, 5.41) is 8.70. The molecule has 0 rings (SSSR count). The molecule has 5 nitrogen and oxygen atoms in total. The van der Waals surface area contributed by atoms with Crippen molar-refractivity contribution in [2.24, 2.45) is 0 Å². The molecule has 0 aliphatic heterocycles. The van der Waals surface area contributed by atoms with Crippen LogP contribution in [0.15, 0.2) is 0 Å². The highest BCUT2D eigenvalue weighted by molar-refractivity contribution is 5.80. The highest BCUT2D eigenvalue weighted by atomic mass is 16.6. The molecule has 0 spiro atoms. The van der Waals surface area contributed by atoms with Crippen LogP contribution in [0.2, 0.25) is 0 Å². The Balaban J connectivity index is 3.92. The van der Waals surface area contributed by atoms with Crippen LogP contribution in [-0.2, 0) is 19.1 Å². The highest BCUT2D eigenvalue weighted by Gasteiger charge is 2.20. The number of carbonyl (C=O) groups excluding carboxylic acids is 2. The van der Waals surface area contributed by atoms with Crippen LogP contribution in [0.4, 0.5) is 0 Å². The van der Waals surface area contributed by atoms with E-state index in [1.54, 1.807) is 0 Å². The molecule has 2 atom stereocenters. The number of hydrogen-bond acceptors (Lipinski definition) is 5. The number of methoxy groups -OCH3 is 1. The van der Waals surface area contributed by atoms with Crippen molar-refractivity contribution in [3.8, 4) is 0 Å². The second-order valence-electron chi connectivity index (χ2n) is 2.28. The number of carbonyl (C=O) groups is 2. The molecule has 0 fully saturated rings. The van der Waals surface area contributed by atoms with Crippen LogP contribution < -0.4 is 0 Å². The van der Waals surface area contributed by atoms with Gasteiger partial charge in [0.25, 0.3) is 0 Å². The Morgan fingerprint density at radius 1 is 1.25 bits per heavy atom. The average molecular weight is 176 g/mol. The monoisotopic (exact) mass is 176 g/mol. The van der Waals surface area contributed by atoms with E-state index in [2.05, 4.69) is 9.47 Å². The Hall–Kier alpha value is -1.10. The fourth-order valence-corrected chi connectivity index (χ4v) is 0.487. The molecular formula is C7H12O5. The topological polar surface area (TPSA) is 72.8 Å². The van der Waals surface area contributed by atoms with Crippen molar-refractivity contribution in [2.45, 2.75) is 26.1 Å². The van der Waals surface area contributed by atoms with Crippen molar-refractivity contribution in [3.63, 3.8) is 0 Å². The molecule has 0 saturated carbocycles. The van der Waals surface area contributed by atoms with Crippen LogP contribution in [-0.4, -0.2) is 36.4 Å². The molecule has 0 aromatic carbocycles. The van der Waals surface area contributed by atoms with Gasteiger partial charge in [0.05, 0.1) is 7.11 Å². The predicted octanol–water partition coefficient (Wildman–Crippen LogP) is -0.528. The van der Waals surface area contributed by atoms with Crippen molar-refractivity contribution < 1.29 is 24.2 Å². The van der Waals surface area contributed by atoms with E-state index in [1.165, 1.54) is 21.0 Å². The summed E-state index contributed by atoms with van der Waals surface area (Å²) in [6, 6.07) is 0. The number of aliphatic hydroxyl groups is 1. The zero-order chi connectivity index (χ0) is 9.72. The summed E-state index contributed by atoms with van der Waals surface area (Å²) in [6.45, 7) is 2.62. The lowest BCUT2D eigenvalue weighted by molar-refractivity contribution is -0.169. The van der Waals surface area contributed by atoms with E-state index in [9.17, 15) is 9.59 Å². The molecule has 0 aliphatic rings. The fraction of sp³-hybridized carbons (Fsp3) is 0.714. The third kappa shape index (κ3) is 3.34. The summed E-state index contributed by atoms with van der Waals surface area (Å²) in [4.78, 5) is 21.4. The van der Waals surface area contributed by atoms with Gasteiger partial charge in [-0.25, -0.2) is 9.59 Å². The van der Waals surface area contributed by atoms with Gasteiger partial charge in [0.15, 0.2) is 6.10 Å². The second-order valence-corrected chi connectivity index (χ2v) is 2.28. The van der Waals surface area contributed by atoms with Gasteiger partial charge in [-0.3, -0.25) is 0 Å². The van der Waals surface area contributed by atoms with Crippen molar-refractivity contribution in [1.82, 2.24) is 0 Å². The smallest absolute Gasteiger partial charge is 0.346 e. The molecule has 70 valence electrons. The molecule has 0 aromatic rings. The van der Waals surface area contributed by atoms with Crippen LogP contribution in [0.1, 0.15) is 13.8 Å². The molecule has 5 heteroatoms. The minimum Gasteiger partial charge on any atom is -0.466 e. The van der Waals surface area contributed by atoms with Crippen LogP contribution >= 0.6 is 0 Å². The lowest BCUT2D eigenvalue weighted by Crippen LogP contribution is -2.30. The van der Waals surface area contributed by atoms with Gasteiger partial charge in [0, 0.05) is 0 Å². The van der Waals surface area contributed by atoms with Gasteiger partial charge in [-0.15, -0.1) is 0 Å². The maximum absolute atomic E-state index is 10.7. The Morgan fingerprint density at radius 3 is 2.08 bits per heavy atom. The van der Waals surface area contributed by atoms with Gasteiger partial charge in [-0.2, -0.15) is 0 Å². The van der Waals surface area contributed by atoms with Gasteiger partial charge >= 0.3 is 11.9 Å². The van der Waals surface area contributed by atoms with Gasteiger partial charge in [-0.05, 0) is 13.8 Å². The van der Waals surface area contributed by atoms with E-state index in [4.69, 9.17) is 5.11 Å². The summed E-state index contributed by atoms with van der Waals surface area (Å²) >= 11 is 0. The van der Waals surface area contributed by atoms with E-state index in [-0.39, 0.29) is 0 Å². The summed E-state index contributed by atoms with van der Waals surface area (Å²) in [7, 11) is 1.19. The standard InChI is InChI=1S/C7H12O5/c1-4(8)6(9)12-5(2)7(10)11-3/h4-5,8H,1-3H3/t4-,5-/m1/s1. The molecule has 1 N–H and O–H groups in total. The first kappa shape index (κ1) is 10.9. The summed E-state index contributed by atoms with van der Waals surface area (Å²) in [5.74, 6) is -1.49. The summed E-state index contributed by atoms with van der Waals surface area (Å²) in [5.41, 5.74) is 0. The van der Waals surface area contributed by atoms with E-state index in [0.717, 1.165) is 0 Å². The lowest BCUT2D eigenvalue weighted by atomic mass is 10.4. The molecule has 0 aromatic heterocycles. The lowest BCUT2D eigenvalue weighted by Gasteiger charge is -2.11. The first-order chi connectivity index (χ1) is 5.49. The van der Waals surface area contributed by atoms with Crippen LogP contribution in [0.5, 0.6) is 0 Å². The number of rotatable bonds is 3. The maximum atomic E-state index is 10.7. The summed E-state index contributed by atoms with van der Waals surface area (Å²) < 4.78 is 8.80. The van der Waals surface area contributed by atoms with Crippen LogP contribution in [0, 0.1) is 0 Å². The molecule has 0 unspecified atom stereocenters. The largest absolute Gasteiger partial charge is 0.466 e. The van der Waals surface area contributed by atoms with Crippen molar-refractivity contribution >= 4 is 11.9 Å². The fourth-order valence-electron chi connectivity index (χ4n) is 0.487. The quantitative estimate of drug-likeness (QED) is 0.585. The van der Waals surface area contributed by atoms with Crippen molar-refractivity contribution in [1.29, 1.82) is 0 Å². The normalized spacial score (nSPS) is 14.7. The van der Waals surface area contributed by atoms with E-state index < -0.39 is 24.1 Å². The Bertz CT molecular complexity index is 175. The predicted molar refractivity (Wildman–Crippen MR) is 39.3 cm³/mol. The molecule has 12 heavy (non-hydrogen) atoms. The molecule has 0 radical (unpaired) electrons. The molecular weight excluding hydrogens is 164 g/mol. The van der Waals surface area contributed by atoms with Gasteiger partial charge in [0.2, 0.25) is 0 Å². The first-order valence-corrected chi connectivity index (χ1v) is 3.45. The second kappa shape index (κ2) is 4.71. The van der Waals surface area contributed by atoms with Crippen molar-refractivity contribution in [2.75, 3.05) is 7.11 Å². The molecule has 0 bridgehead atoms. The molecule has 0 heterocycles. The number of ether oxygens (including phenoxy) is 2. The molecule has 0 aliphatic carbocycles. The molecule has 0 saturated heterocycles. The summed E-state index contributed by atoms with van der Waals surface area (Å²) in [6.07, 6.45) is -2.20. The van der Waals surface area contributed by atoms with Gasteiger partial charge in [-0.1, -0.05) is 0 Å². The highest BCUT2D eigenvalue weighted by Crippen LogP contribution is 1.96. The van der Waals surface area contributed by atoms with E-state index in [1.807, 2.05) is 0 Å². The SMILES string of the molecule is COC(=O)[C@@H](C)OC(=O)[C@@H](C)O. The number of aliphatic hydroxyl groups excluding tert-OH is 1. The van der Waals surface area contributed by atoms with Gasteiger partial charge in [0.1, 0.15) is 6.10 Å². The van der Waals surface area contributed by atoms with Crippen LogP contribution in [0.3, 0.4) is 0 Å². The van der Waals surface area contributed by atoms with E-state index >= 15 is 0 Å². The number of hydrogen-bond donors (Lipinski definition) is 1. The Morgan fingerprint density at radius 2 is 1.75 bits per heavy atom. The molecule has 0 amide bonds. The number of esters is 2. The zero-order valence-electron chi connectivity index (χ0n) is 7.23. The zero-order valence-corrected chi connectivity index (χ0v) is 7.23. The van der Waals surface area contributed by atoms with E-state index in [0.29, 0.717) is 0 Å². The third-order valence-electron chi connectivity index (χ3n) is 1.17. The Kier molecular flexibility index (Phi) is 4.28. The van der Waals surface area contributed by atoms with Crippen LogP contribution in [0.25, 0.3) is 0 Å².